The van der Waals surface area contributed by atoms with E-state index in [-0.39, 0.29) is 18.4 Å². The van der Waals surface area contributed by atoms with E-state index in [2.05, 4.69) is 0 Å². The molecule has 64 valence electrons. The third-order valence-corrected chi connectivity index (χ3v) is 2.24. The van der Waals surface area contributed by atoms with Crippen molar-refractivity contribution in [2.45, 2.75) is 19.3 Å². The molecule has 0 aromatic rings. The molecule has 0 aliphatic carbocycles. The van der Waals surface area contributed by atoms with E-state index in [1.54, 1.807) is 11.9 Å². The molecule has 1 rings (SSSR count). The Kier molecular flexibility index (Phi) is 2.88. The van der Waals surface area contributed by atoms with E-state index in [1.165, 1.54) is 0 Å². The van der Waals surface area contributed by atoms with Gasteiger partial charge in [-0.15, -0.1) is 0 Å². The van der Waals surface area contributed by atoms with Crippen molar-refractivity contribution < 1.29 is 9.90 Å². The number of aliphatic hydroxyl groups is 1. The molecular formula is C8H15NO2. The quantitative estimate of drug-likeness (QED) is 0.592. The summed E-state index contributed by atoms with van der Waals surface area (Å²) >= 11 is 0. The zero-order chi connectivity index (χ0) is 8.27. The summed E-state index contributed by atoms with van der Waals surface area (Å²) in [5.41, 5.74) is 0. The average molecular weight is 157 g/mol. The highest BCUT2D eigenvalue weighted by molar-refractivity contribution is 5.78. The Balaban J connectivity index is 2.56. The fraction of sp³-hybridized carbons (Fsp3) is 0.875. The third-order valence-electron chi connectivity index (χ3n) is 2.24. The van der Waals surface area contributed by atoms with Gasteiger partial charge in [0.05, 0.1) is 12.5 Å². The summed E-state index contributed by atoms with van der Waals surface area (Å²) in [6.45, 7) is 0.846. The summed E-state index contributed by atoms with van der Waals surface area (Å²) in [5, 5.41) is 8.86. The van der Waals surface area contributed by atoms with Crippen LogP contribution >= 0.6 is 0 Å². The first-order valence-corrected chi connectivity index (χ1v) is 4.11. The monoisotopic (exact) mass is 157 g/mol. The van der Waals surface area contributed by atoms with E-state index in [4.69, 9.17) is 5.11 Å². The summed E-state index contributed by atoms with van der Waals surface area (Å²) in [6.07, 6.45) is 2.97. The number of likely N-dealkylation sites (tertiary alicyclic amines) is 1. The van der Waals surface area contributed by atoms with Gasteiger partial charge in [0.1, 0.15) is 0 Å². The Morgan fingerprint density at radius 2 is 2.36 bits per heavy atom. The van der Waals surface area contributed by atoms with Crippen LogP contribution in [0.25, 0.3) is 0 Å². The predicted octanol–water partition coefficient (Wildman–Crippen LogP) is 0.237. The molecule has 1 heterocycles. The highest BCUT2D eigenvalue weighted by Crippen LogP contribution is 2.15. The van der Waals surface area contributed by atoms with Gasteiger partial charge < -0.3 is 10.0 Å². The predicted molar refractivity (Wildman–Crippen MR) is 42.1 cm³/mol. The molecule has 0 aromatic carbocycles. The Morgan fingerprint density at radius 1 is 1.64 bits per heavy atom. The molecular weight excluding hydrogens is 142 g/mol. The maximum Gasteiger partial charge on any atom is 0.227 e. The standard InChI is InChI=1S/C8H15NO2/c1-9-5-3-2-4-7(6-10)8(9)11/h7,10H,2-6H2,1H3. The SMILES string of the molecule is CN1CCCCC(CO)C1=O. The third kappa shape index (κ3) is 1.93. The molecule has 1 fully saturated rings. The number of hydrogen-bond acceptors (Lipinski definition) is 2. The molecule has 1 saturated heterocycles. The van der Waals surface area contributed by atoms with E-state index >= 15 is 0 Å². The van der Waals surface area contributed by atoms with Crippen molar-refractivity contribution in [1.82, 2.24) is 4.90 Å². The number of carbonyl (C=O) groups is 1. The van der Waals surface area contributed by atoms with Gasteiger partial charge in [-0.3, -0.25) is 4.79 Å². The van der Waals surface area contributed by atoms with Crippen LogP contribution in [0.15, 0.2) is 0 Å². The van der Waals surface area contributed by atoms with Crippen molar-refractivity contribution in [3.05, 3.63) is 0 Å². The lowest BCUT2D eigenvalue weighted by atomic mass is 10.0. The second-order valence-corrected chi connectivity index (χ2v) is 3.14. The highest BCUT2D eigenvalue weighted by atomic mass is 16.3. The van der Waals surface area contributed by atoms with Crippen molar-refractivity contribution in [2.75, 3.05) is 20.2 Å². The fourth-order valence-electron chi connectivity index (χ4n) is 1.45. The second kappa shape index (κ2) is 3.72. The lowest BCUT2D eigenvalue weighted by Crippen LogP contribution is -2.32. The minimum Gasteiger partial charge on any atom is -0.396 e. The Morgan fingerprint density at radius 3 is 3.00 bits per heavy atom. The normalized spacial score (nSPS) is 26.9. The Labute approximate surface area is 67.0 Å². The summed E-state index contributed by atoms with van der Waals surface area (Å²) in [5.74, 6) is -0.0347. The van der Waals surface area contributed by atoms with Crippen LogP contribution in [0, 0.1) is 5.92 Å². The fourth-order valence-corrected chi connectivity index (χ4v) is 1.45. The smallest absolute Gasteiger partial charge is 0.227 e. The molecule has 1 N–H and O–H groups in total. The summed E-state index contributed by atoms with van der Waals surface area (Å²) in [6, 6.07) is 0. The van der Waals surface area contributed by atoms with Crippen LogP contribution in [0.1, 0.15) is 19.3 Å². The minimum absolute atomic E-state index is 0.00315. The van der Waals surface area contributed by atoms with E-state index in [9.17, 15) is 4.79 Å². The molecule has 11 heavy (non-hydrogen) atoms. The first kappa shape index (κ1) is 8.53. The number of nitrogens with zero attached hydrogens (tertiary/aromatic N) is 1. The van der Waals surface area contributed by atoms with E-state index < -0.39 is 0 Å². The van der Waals surface area contributed by atoms with Gasteiger partial charge in [-0.05, 0) is 12.8 Å². The molecule has 3 nitrogen and oxygen atoms in total. The summed E-state index contributed by atoms with van der Waals surface area (Å²) in [7, 11) is 1.80. The van der Waals surface area contributed by atoms with E-state index in [0.29, 0.717) is 0 Å². The molecule has 3 heteroatoms. The number of carbonyl (C=O) groups excluding carboxylic acids is 1. The Bertz CT molecular complexity index is 147. The number of rotatable bonds is 1. The van der Waals surface area contributed by atoms with Crippen molar-refractivity contribution in [1.29, 1.82) is 0 Å². The first-order valence-electron chi connectivity index (χ1n) is 4.11. The van der Waals surface area contributed by atoms with Crippen LogP contribution in [0.2, 0.25) is 0 Å². The maximum absolute atomic E-state index is 11.3. The van der Waals surface area contributed by atoms with Gasteiger partial charge >= 0.3 is 0 Å². The summed E-state index contributed by atoms with van der Waals surface area (Å²) in [4.78, 5) is 13.1. The van der Waals surface area contributed by atoms with Gasteiger partial charge in [-0.2, -0.15) is 0 Å². The van der Waals surface area contributed by atoms with Crippen molar-refractivity contribution >= 4 is 5.91 Å². The van der Waals surface area contributed by atoms with Crippen LogP contribution in [-0.2, 0) is 4.79 Å². The molecule has 0 aromatic heterocycles. The zero-order valence-electron chi connectivity index (χ0n) is 6.92. The topological polar surface area (TPSA) is 40.5 Å². The molecule has 0 spiro atoms. The van der Waals surface area contributed by atoms with E-state index in [0.717, 1.165) is 25.8 Å². The lowest BCUT2D eigenvalue weighted by molar-refractivity contribution is -0.134. The van der Waals surface area contributed by atoms with Gasteiger partial charge in [0.15, 0.2) is 0 Å². The van der Waals surface area contributed by atoms with Crippen molar-refractivity contribution in [3.63, 3.8) is 0 Å². The van der Waals surface area contributed by atoms with Gasteiger partial charge in [0.2, 0.25) is 5.91 Å². The maximum atomic E-state index is 11.3. The molecule has 0 bridgehead atoms. The number of aliphatic hydroxyl groups excluding tert-OH is 1. The average Bonchev–Trinajstić information content (AvgIpc) is 2.16. The minimum atomic E-state index is -0.137. The van der Waals surface area contributed by atoms with Gasteiger partial charge in [0.25, 0.3) is 0 Å². The lowest BCUT2D eigenvalue weighted by Gasteiger charge is -2.17. The first-order chi connectivity index (χ1) is 5.25. The molecule has 1 atom stereocenters. The van der Waals surface area contributed by atoms with Crippen molar-refractivity contribution in [3.8, 4) is 0 Å². The van der Waals surface area contributed by atoms with Gasteiger partial charge in [-0.1, -0.05) is 6.42 Å². The Hall–Kier alpha value is -0.570. The zero-order valence-corrected chi connectivity index (χ0v) is 6.92. The van der Waals surface area contributed by atoms with Gasteiger partial charge in [-0.25, -0.2) is 0 Å². The molecule has 1 aliphatic heterocycles. The van der Waals surface area contributed by atoms with Crippen LogP contribution in [0.4, 0.5) is 0 Å². The largest absolute Gasteiger partial charge is 0.396 e. The summed E-state index contributed by atoms with van der Waals surface area (Å²) < 4.78 is 0. The second-order valence-electron chi connectivity index (χ2n) is 3.14. The van der Waals surface area contributed by atoms with Crippen LogP contribution in [0.3, 0.4) is 0 Å². The van der Waals surface area contributed by atoms with Crippen LogP contribution < -0.4 is 0 Å². The molecule has 0 radical (unpaired) electrons. The molecule has 1 aliphatic rings. The molecule has 1 amide bonds. The van der Waals surface area contributed by atoms with Gasteiger partial charge in [0, 0.05) is 13.6 Å². The number of amides is 1. The molecule has 0 saturated carbocycles. The highest BCUT2D eigenvalue weighted by Gasteiger charge is 2.23. The molecule has 1 unspecified atom stereocenters. The number of hydrogen-bond donors (Lipinski definition) is 1. The van der Waals surface area contributed by atoms with Crippen LogP contribution in [0.5, 0.6) is 0 Å². The van der Waals surface area contributed by atoms with Crippen molar-refractivity contribution in [2.24, 2.45) is 5.92 Å². The van der Waals surface area contributed by atoms with E-state index in [1.807, 2.05) is 0 Å². The van der Waals surface area contributed by atoms with Crippen LogP contribution in [-0.4, -0.2) is 36.1 Å².